The summed E-state index contributed by atoms with van der Waals surface area (Å²) in [5.74, 6) is -0.262. The van der Waals surface area contributed by atoms with Gasteiger partial charge in [-0.05, 0) is 24.3 Å². The Morgan fingerprint density at radius 2 is 1.95 bits per heavy atom. The van der Waals surface area contributed by atoms with Crippen LogP contribution in [0.25, 0.3) is 0 Å². The van der Waals surface area contributed by atoms with E-state index in [-0.39, 0.29) is 16.8 Å². The first-order chi connectivity index (χ1) is 8.88. The summed E-state index contributed by atoms with van der Waals surface area (Å²) in [7, 11) is -1.68. The van der Waals surface area contributed by atoms with E-state index in [1.807, 2.05) is 0 Å². The van der Waals surface area contributed by atoms with Crippen LogP contribution in [0.3, 0.4) is 0 Å². The number of rotatable bonds is 6. The van der Waals surface area contributed by atoms with Gasteiger partial charge in [0.05, 0.1) is 17.5 Å². The third kappa shape index (κ3) is 4.93. The summed E-state index contributed by atoms with van der Waals surface area (Å²) in [6.45, 7) is 0.401. The molecule has 1 aromatic rings. The standard InChI is InChI=1S/C12H16BrNO4S/c1-18-8-10(7-13)14-12(15)9-3-5-11(6-4-9)19(2,16)17/h3-6,10H,7-8H2,1-2H3,(H,14,15). The van der Waals surface area contributed by atoms with Crippen molar-refractivity contribution in [3.8, 4) is 0 Å². The number of amides is 1. The van der Waals surface area contributed by atoms with E-state index in [0.29, 0.717) is 17.5 Å². The van der Waals surface area contributed by atoms with Crippen molar-refractivity contribution in [2.45, 2.75) is 10.9 Å². The van der Waals surface area contributed by atoms with Crippen molar-refractivity contribution < 1.29 is 17.9 Å². The van der Waals surface area contributed by atoms with Gasteiger partial charge < -0.3 is 10.1 Å². The fourth-order valence-corrected chi connectivity index (χ4v) is 2.43. The van der Waals surface area contributed by atoms with Crippen LogP contribution in [0.2, 0.25) is 0 Å². The first kappa shape index (κ1) is 16.1. The zero-order chi connectivity index (χ0) is 14.5. The molecule has 1 N–H and O–H groups in total. The highest BCUT2D eigenvalue weighted by Crippen LogP contribution is 2.10. The van der Waals surface area contributed by atoms with Crippen LogP contribution < -0.4 is 5.32 Å². The summed E-state index contributed by atoms with van der Waals surface area (Å²) in [5, 5.41) is 3.36. The Labute approximate surface area is 121 Å². The van der Waals surface area contributed by atoms with Crippen molar-refractivity contribution in [1.82, 2.24) is 5.32 Å². The maximum absolute atomic E-state index is 11.9. The van der Waals surface area contributed by atoms with E-state index in [2.05, 4.69) is 21.2 Å². The number of ether oxygens (including phenoxy) is 1. The molecule has 0 bridgehead atoms. The van der Waals surface area contributed by atoms with Crippen LogP contribution in [0.15, 0.2) is 29.2 Å². The number of carbonyl (C=O) groups is 1. The zero-order valence-corrected chi connectivity index (χ0v) is 13.1. The highest BCUT2D eigenvalue weighted by molar-refractivity contribution is 9.09. The fraction of sp³-hybridized carbons (Fsp3) is 0.417. The lowest BCUT2D eigenvalue weighted by molar-refractivity contribution is 0.0908. The molecule has 1 amide bonds. The second-order valence-electron chi connectivity index (χ2n) is 4.08. The number of nitrogens with one attached hydrogen (secondary N) is 1. The molecule has 1 rings (SSSR count). The molecular formula is C12H16BrNO4S. The lowest BCUT2D eigenvalue weighted by Crippen LogP contribution is -2.39. The third-order valence-corrected chi connectivity index (χ3v) is 4.34. The van der Waals surface area contributed by atoms with Gasteiger partial charge in [-0.25, -0.2) is 8.42 Å². The van der Waals surface area contributed by atoms with E-state index in [1.54, 1.807) is 7.11 Å². The van der Waals surface area contributed by atoms with Crippen LogP contribution in [-0.4, -0.2) is 45.7 Å². The van der Waals surface area contributed by atoms with Gasteiger partial charge in [-0.2, -0.15) is 0 Å². The average molecular weight is 350 g/mol. The number of alkyl halides is 1. The Bertz CT molecular complexity index is 527. The van der Waals surface area contributed by atoms with Gasteiger partial charge in [0.25, 0.3) is 5.91 Å². The van der Waals surface area contributed by atoms with E-state index >= 15 is 0 Å². The monoisotopic (exact) mass is 349 g/mol. The van der Waals surface area contributed by atoms with E-state index in [4.69, 9.17) is 4.74 Å². The van der Waals surface area contributed by atoms with Gasteiger partial charge in [0.1, 0.15) is 0 Å². The van der Waals surface area contributed by atoms with Gasteiger partial charge in [-0.15, -0.1) is 0 Å². The maximum Gasteiger partial charge on any atom is 0.251 e. The SMILES string of the molecule is COCC(CBr)NC(=O)c1ccc(S(C)(=O)=O)cc1. The first-order valence-electron chi connectivity index (χ1n) is 5.54. The number of sulfone groups is 1. The molecule has 0 heterocycles. The topological polar surface area (TPSA) is 72.5 Å². The van der Waals surface area contributed by atoms with Crippen molar-refractivity contribution in [2.24, 2.45) is 0 Å². The van der Waals surface area contributed by atoms with Gasteiger partial charge >= 0.3 is 0 Å². The minimum Gasteiger partial charge on any atom is -0.383 e. The number of methoxy groups -OCH3 is 1. The van der Waals surface area contributed by atoms with Crippen molar-refractivity contribution >= 4 is 31.7 Å². The van der Waals surface area contributed by atoms with E-state index in [1.165, 1.54) is 24.3 Å². The number of benzene rings is 1. The summed E-state index contributed by atoms with van der Waals surface area (Å²) in [6, 6.07) is 5.69. The molecular weight excluding hydrogens is 334 g/mol. The van der Waals surface area contributed by atoms with Crippen LogP contribution >= 0.6 is 15.9 Å². The molecule has 0 radical (unpaired) electrons. The quantitative estimate of drug-likeness (QED) is 0.784. The first-order valence-corrected chi connectivity index (χ1v) is 8.55. The maximum atomic E-state index is 11.9. The number of carbonyl (C=O) groups excluding carboxylic acids is 1. The number of hydrogen-bond donors (Lipinski definition) is 1. The molecule has 0 spiro atoms. The van der Waals surface area contributed by atoms with E-state index < -0.39 is 9.84 Å². The molecule has 0 saturated heterocycles. The van der Waals surface area contributed by atoms with Gasteiger partial charge in [-0.3, -0.25) is 4.79 Å². The molecule has 0 aromatic heterocycles. The summed E-state index contributed by atoms with van der Waals surface area (Å²) < 4.78 is 27.6. The molecule has 0 fully saturated rings. The molecule has 1 aromatic carbocycles. The van der Waals surface area contributed by atoms with Crippen LogP contribution in [0, 0.1) is 0 Å². The molecule has 0 aliphatic rings. The van der Waals surface area contributed by atoms with Crippen molar-refractivity contribution in [2.75, 3.05) is 25.3 Å². The van der Waals surface area contributed by atoms with Crippen LogP contribution in [-0.2, 0) is 14.6 Å². The van der Waals surface area contributed by atoms with Crippen molar-refractivity contribution in [3.05, 3.63) is 29.8 Å². The van der Waals surface area contributed by atoms with Crippen LogP contribution in [0.4, 0.5) is 0 Å². The zero-order valence-electron chi connectivity index (χ0n) is 10.7. The van der Waals surface area contributed by atoms with Gasteiger partial charge in [0, 0.05) is 24.3 Å². The Hall–Kier alpha value is -0.920. The highest BCUT2D eigenvalue weighted by atomic mass is 79.9. The molecule has 106 valence electrons. The number of hydrogen-bond acceptors (Lipinski definition) is 4. The smallest absolute Gasteiger partial charge is 0.251 e. The second kappa shape index (κ2) is 7.02. The molecule has 0 aliphatic heterocycles. The largest absolute Gasteiger partial charge is 0.383 e. The minimum atomic E-state index is -3.24. The Morgan fingerprint density at radius 3 is 2.37 bits per heavy atom. The van der Waals surface area contributed by atoms with Gasteiger partial charge in [-0.1, -0.05) is 15.9 Å². The Morgan fingerprint density at radius 1 is 1.37 bits per heavy atom. The average Bonchev–Trinajstić information content (AvgIpc) is 2.37. The lowest BCUT2D eigenvalue weighted by Gasteiger charge is -2.15. The highest BCUT2D eigenvalue weighted by Gasteiger charge is 2.13. The van der Waals surface area contributed by atoms with E-state index in [9.17, 15) is 13.2 Å². The van der Waals surface area contributed by atoms with Crippen LogP contribution in [0.1, 0.15) is 10.4 Å². The minimum absolute atomic E-state index is 0.132. The summed E-state index contributed by atoms with van der Waals surface area (Å²) in [5.41, 5.74) is 0.412. The summed E-state index contributed by atoms with van der Waals surface area (Å²) in [6.07, 6.45) is 1.13. The molecule has 1 unspecified atom stereocenters. The molecule has 0 aliphatic carbocycles. The fourth-order valence-electron chi connectivity index (χ4n) is 1.45. The Balaban J connectivity index is 2.78. The van der Waals surface area contributed by atoms with Crippen LogP contribution in [0.5, 0.6) is 0 Å². The normalized spacial score (nSPS) is 13.0. The lowest BCUT2D eigenvalue weighted by atomic mass is 10.2. The van der Waals surface area contributed by atoms with Gasteiger partial charge in [0.15, 0.2) is 9.84 Å². The molecule has 19 heavy (non-hydrogen) atoms. The summed E-state index contributed by atoms with van der Waals surface area (Å²) >= 11 is 3.28. The summed E-state index contributed by atoms with van der Waals surface area (Å²) in [4.78, 5) is 12.1. The van der Waals surface area contributed by atoms with Crippen molar-refractivity contribution in [3.63, 3.8) is 0 Å². The molecule has 7 heteroatoms. The van der Waals surface area contributed by atoms with E-state index in [0.717, 1.165) is 6.26 Å². The third-order valence-electron chi connectivity index (χ3n) is 2.43. The second-order valence-corrected chi connectivity index (χ2v) is 6.74. The molecule has 5 nitrogen and oxygen atoms in total. The predicted octanol–water partition coefficient (Wildman–Crippen LogP) is 1.23. The predicted molar refractivity (Wildman–Crippen MR) is 76.5 cm³/mol. The van der Waals surface area contributed by atoms with Crippen molar-refractivity contribution in [1.29, 1.82) is 0 Å². The Kier molecular flexibility index (Phi) is 5.96. The molecule has 0 saturated carbocycles. The molecule has 1 atom stereocenters. The number of halogens is 1. The van der Waals surface area contributed by atoms with Gasteiger partial charge in [0.2, 0.25) is 0 Å².